The molecule has 0 aliphatic carbocycles. The van der Waals surface area contributed by atoms with Crippen molar-refractivity contribution in [3.8, 4) is 11.5 Å². The van der Waals surface area contributed by atoms with Crippen LogP contribution in [0.4, 0.5) is 0 Å². The fraction of sp³-hybridized carbons (Fsp3) is 0.368. The molecule has 0 spiro atoms. The van der Waals surface area contributed by atoms with E-state index < -0.39 is 0 Å². The van der Waals surface area contributed by atoms with Crippen molar-refractivity contribution in [2.24, 2.45) is 0 Å². The first kappa shape index (κ1) is 14.9. The van der Waals surface area contributed by atoms with Crippen LogP contribution in [0.15, 0.2) is 42.5 Å². The molecule has 1 N–H and O–H groups in total. The molecule has 3 heteroatoms. The highest BCUT2D eigenvalue weighted by molar-refractivity contribution is 5.47. The zero-order valence-electron chi connectivity index (χ0n) is 13.3. The minimum Gasteiger partial charge on any atom is -0.486 e. The molecule has 22 heavy (non-hydrogen) atoms. The second kappa shape index (κ2) is 6.84. The number of ether oxygens (including phenoxy) is 2. The van der Waals surface area contributed by atoms with Gasteiger partial charge in [0.25, 0.3) is 0 Å². The van der Waals surface area contributed by atoms with Crippen LogP contribution in [0.25, 0.3) is 0 Å². The summed E-state index contributed by atoms with van der Waals surface area (Å²) in [6.07, 6.45) is 1.05. The van der Waals surface area contributed by atoms with Crippen molar-refractivity contribution in [3.63, 3.8) is 0 Å². The molecule has 1 unspecified atom stereocenters. The summed E-state index contributed by atoms with van der Waals surface area (Å²) in [6, 6.07) is 15.1. The van der Waals surface area contributed by atoms with Gasteiger partial charge in [0.15, 0.2) is 11.5 Å². The minimum absolute atomic E-state index is 0.365. The normalized spacial score (nSPS) is 14.6. The van der Waals surface area contributed by atoms with E-state index in [-0.39, 0.29) is 0 Å². The Bertz CT molecular complexity index is 622. The van der Waals surface area contributed by atoms with Crippen molar-refractivity contribution in [1.82, 2.24) is 5.32 Å². The van der Waals surface area contributed by atoms with Gasteiger partial charge in [0.05, 0.1) is 0 Å². The second-order valence-electron chi connectivity index (χ2n) is 5.76. The zero-order chi connectivity index (χ0) is 15.4. The van der Waals surface area contributed by atoms with E-state index in [9.17, 15) is 0 Å². The molecule has 0 fully saturated rings. The van der Waals surface area contributed by atoms with E-state index in [1.165, 1.54) is 16.7 Å². The van der Waals surface area contributed by atoms with Crippen LogP contribution in [0.2, 0.25) is 0 Å². The third-order valence-corrected chi connectivity index (χ3v) is 4.13. The van der Waals surface area contributed by atoms with Gasteiger partial charge in [0.2, 0.25) is 0 Å². The molecule has 2 aromatic rings. The molecule has 3 nitrogen and oxygen atoms in total. The summed E-state index contributed by atoms with van der Waals surface area (Å²) in [4.78, 5) is 0. The van der Waals surface area contributed by atoms with Crippen LogP contribution in [0.3, 0.4) is 0 Å². The Hall–Kier alpha value is -2.00. The standard InChI is InChI=1S/C19H23NO2/c1-14-3-5-15(6-4-14)17(9-10-20-2)16-7-8-18-19(13-16)22-12-11-21-18/h3-8,13,17,20H,9-12H2,1-2H3. The van der Waals surface area contributed by atoms with Crippen molar-refractivity contribution < 1.29 is 9.47 Å². The van der Waals surface area contributed by atoms with Crippen LogP contribution in [-0.2, 0) is 0 Å². The van der Waals surface area contributed by atoms with Crippen molar-refractivity contribution >= 4 is 0 Å². The van der Waals surface area contributed by atoms with Gasteiger partial charge in [-0.3, -0.25) is 0 Å². The van der Waals surface area contributed by atoms with E-state index in [0.717, 1.165) is 24.5 Å². The third kappa shape index (κ3) is 3.25. The van der Waals surface area contributed by atoms with Gasteiger partial charge in [-0.2, -0.15) is 0 Å². The topological polar surface area (TPSA) is 30.5 Å². The van der Waals surface area contributed by atoms with Gasteiger partial charge in [-0.15, -0.1) is 0 Å². The Morgan fingerprint density at radius 1 is 0.955 bits per heavy atom. The van der Waals surface area contributed by atoms with Crippen molar-refractivity contribution in [2.75, 3.05) is 26.8 Å². The molecule has 3 rings (SSSR count). The van der Waals surface area contributed by atoms with Crippen LogP contribution >= 0.6 is 0 Å². The molecule has 0 aromatic heterocycles. The van der Waals surface area contributed by atoms with E-state index >= 15 is 0 Å². The lowest BCUT2D eigenvalue weighted by atomic mass is 9.88. The van der Waals surface area contributed by atoms with Gasteiger partial charge in [-0.25, -0.2) is 0 Å². The lowest BCUT2D eigenvalue weighted by molar-refractivity contribution is 0.171. The van der Waals surface area contributed by atoms with Crippen LogP contribution in [-0.4, -0.2) is 26.8 Å². The van der Waals surface area contributed by atoms with Gasteiger partial charge < -0.3 is 14.8 Å². The Morgan fingerprint density at radius 3 is 2.36 bits per heavy atom. The lowest BCUT2D eigenvalue weighted by Crippen LogP contribution is -2.16. The molecule has 1 atom stereocenters. The molecular weight excluding hydrogens is 274 g/mol. The molecule has 0 radical (unpaired) electrons. The second-order valence-corrected chi connectivity index (χ2v) is 5.76. The maximum absolute atomic E-state index is 5.73. The predicted octanol–water partition coefficient (Wildman–Crippen LogP) is 3.51. The Labute approximate surface area is 132 Å². The smallest absolute Gasteiger partial charge is 0.161 e. The number of rotatable bonds is 5. The Balaban J connectivity index is 1.92. The average Bonchev–Trinajstić information content (AvgIpc) is 2.56. The fourth-order valence-corrected chi connectivity index (χ4v) is 2.89. The van der Waals surface area contributed by atoms with E-state index in [1.54, 1.807) is 0 Å². The number of hydrogen-bond acceptors (Lipinski definition) is 3. The van der Waals surface area contributed by atoms with E-state index in [0.29, 0.717) is 19.1 Å². The Kier molecular flexibility index (Phi) is 4.64. The number of fused-ring (bicyclic) bond motifs is 1. The molecule has 1 aliphatic rings. The quantitative estimate of drug-likeness (QED) is 0.916. The number of nitrogens with one attached hydrogen (secondary N) is 1. The van der Waals surface area contributed by atoms with Gasteiger partial charge in [0.1, 0.15) is 13.2 Å². The first-order valence-corrected chi connectivity index (χ1v) is 7.88. The molecule has 116 valence electrons. The molecular formula is C19H23NO2. The maximum Gasteiger partial charge on any atom is 0.161 e. The molecule has 0 saturated carbocycles. The first-order valence-electron chi connectivity index (χ1n) is 7.88. The molecule has 0 bridgehead atoms. The van der Waals surface area contributed by atoms with E-state index in [2.05, 4.69) is 48.6 Å². The highest BCUT2D eigenvalue weighted by Gasteiger charge is 2.18. The van der Waals surface area contributed by atoms with Crippen molar-refractivity contribution in [1.29, 1.82) is 0 Å². The van der Waals surface area contributed by atoms with E-state index in [1.807, 2.05) is 13.1 Å². The summed E-state index contributed by atoms with van der Waals surface area (Å²) < 4.78 is 11.4. The molecule has 0 amide bonds. The summed E-state index contributed by atoms with van der Waals surface area (Å²) in [6.45, 7) is 4.36. The summed E-state index contributed by atoms with van der Waals surface area (Å²) >= 11 is 0. The van der Waals surface area contributed by atoms with Crippen molar-refractivity contribution in [2.45, 2.75) is 19.3 Å². The predicted molar refractivity (Wildman–Crippen MR) is 89.0 cm³/mol. The fourth-order valence-electron chi connectivity index (χ4n) is 2.89. The lowest BCUT2D eigenvalue weighted by Gasteiger charge is -2.23. The van der Waals surface area contributed by atoms with Gasteiger partial charge in [-0.05, 0) is 50.2 Å². The number of hydrogen-bond donors (Lipinski definition) is 1. The van der Waals surface area contributed by atoms with Gasteiger partial charge in [0, 0.05) is 5.92 Å². The summed E-state index contributed by atoms with van der Waals surface area (Å²) in [5.74, 6) is 2.08. The van der Waals surface area contributed by atoms with Crippen LogP contribution in [0, 0.1) is 6.92 Å². The maximum atomic E-state index is 5.73. The first-order chi connectivity index (χ1) is 10.8. The SMILES string of the molecule is CNCCC(c1ccc(C)cc1)c1ccc2c(c1)OCCO2. The highest BCUT2D eigenvalue weighted by atomic mass is 16.6. The third-order valence-electron chi connectivity index (χ3n) is 4.13. The average molecular weight is 297 g/mol. The Morgan fingerprint density at radius 2 is 1.64 bits per heavy atom. The van der Waals surface area contributed by atoms with Crippen molar-refractivity contribution in [3.05, 3.63) is 59.2 Å². The number of aryl methyl sites for hydroxylation is 1. The molecule has 1 aliphatic heterocycles. The zero-order valence-corrected chi connectivity index (χ0v) is 13.3. The summed E-state index contributed by atoms with van der Waals surface area (Å²) in [5.41, 5.74) is 3.92. The summed E-state index contributed by atoms with van der Waals surface area (Å²) in [7, 11) is 2.00. The minimum atomic E-state index is 0.365. The van der Waals surface area contributed by atoms with Crippen LogP contribution in [0.5, 0.6) is 11.5 Å². The number of benzene rings is 2. The summed E-state index contributed by atoms with van der Waals surface area (Å²) in [5, 5.41) is 3.26. The van der Waals surface area contributed by atoms with Crippen LogP contribution < -0.4 is 14.8 Å². The van der Waals surface area contributed by atoms with Gasteiger partial charge >= 0.3 is 0 Å². The van der Waals surface area contributed by atoms with Crippen LogP contribution in [0.1, 0.15) is 29.0 Å². The van der Waals surface area contributed by atoms with E-state index in [4.69, 9.17) is 9.47 Å². The molecule has 0 saturated heterocycles. The molecule has 2 aromatic carbocycles. The van der Waals surface area contributed by atoms with Gasteiger partial charge in [-0.1, -0.05) is 35.9 Å². The monoisotopic (exact) mass is 297 g/mol. The molecule has 1 heterocycles. The highest BCUT2D eigenvalue weighted by Crippen LogP contribution is 2.36. The largest absolute Gasteiger partial charge is 0.486 e.